The zero-order chi connectivity index (χ0) is 12.7. The minimum Gasteiger partial charge on any atom is -0.369 e. The van der Waals surface area contributed by atoms with Gasteiger partial charge in [-0.2, -0.15) is 0 Å². The molecule has 0 unspecified atom stereocenters. The fourth-order valence-electron chi connectivity index (χ4n) is 1.27. The average Bonchev–Trinajstić information content (AvgIpc) is 2.73. The van der Waals surface area contributed by atoms with Gasteiger partial charge in [-0.05, 0) is 19.4 Å². The van der Waals surface area contributed by atoms with Crippen LogP contribution in [0.5, 0.6) is 0 Å². The Balaban J connectivity index is 2.48. The molecule has 92 valence electrons. The standard InChI is InChI=1S/C13H16ClNO2/c1-4-6-11(13(14)5-2)8-16-9-12-7-10(3)15-17-12/h4-7H,1,8-9H2,2-3H3/b11-6-,13-5+. The highest BCUT2D eigenvalue weighted by Gasteiger charge is 2.04. The van der Waals surface area contributed by atoms with Gasteiger partial charge in [0.1, 0.15) is 6.61 Å². The first-order valence-corrected chi connectivity index (χ1v) is 5.69. The van der Waals surface area contributed by atoms with Crippen LogP contribution in [-0.4, -0.2) is 11.8 Å². The molecule has 0 fully saturated rings. The number of aryl methyl sites for hydroxylation is 1. The molecule has 0 aliphatic carbocycles. The van der Waals surface area contributed by atoms with Crippen molar-refractivity contribution < 1.29 is 9.26 Å². The smallest absolute Gasteiger partial charge is 0.162 e. The molecule has 0 aliphatic rings. The quantitative estimate of drug-likeness (QED) is 0.724. The number of rotatable bonds is 6. The first kappa shape index (κ1) is 13.7. The van der Waals surface area contributed by atoms with E-state index in [0.29, 0.717) is 24.0 Å². The van der Waals surface area contributed by atoms with E-state index in [4.69, 9.17) is 20.9 Å². The summed E-state index contributed by atoms with van der Waals surface area (Å²) in [5, 5.41) is 4.44. The summed E-state index contributed by atoms with van der Waals surface area (Å²) in [6, 6.07) is 1.84. The second kappa shape index (κ2) is 7.09. The molecule has 0 amide bonds. The first-order chi connectivity index (χ1) is 8.17. The number of hydrogen-bond acceptors (Lipinski definition) is 3. The van der Waals surface area contributed by atoms with E-state index < -0.39 is 0 Å². The summed E-state index contributed by atoms with van der Waals surface area (Å²) in [7, 11) is 0. The number of halogens is 1. The van der Waals surface area contributed by atoms with Crippen LogP contribution in [0, 0.1) is 6.92 Å². The fraction of sp³-hybridized carbons (Fsp3) is 0.308. The maximum atomic E-state index is 6.03. The molecule has 17 heavy (non-hydrogen) atoms. The topological polar surface area (TPSA) is 35.3 Å². The monoisotopic (exact) mass is 253 g/mol. The lowest BCUT2D eigenvalue weighted by Crippen LogP contribution is -1.98. The minimum absolute atomic E-state index is 0.378. The second-order valence-corrected chi connectivity index (χ2v) is 3.90. The lowest BCUT2D eigenvalue weighted by molar-refractivity contribution is 0.121. The van der Waals surface area contributed by atoms with Crippen molar-refractivity contribution in [3.8, 4) is 0 Å². The van der Waals surface area contributed by atoms with Crippen LogP contribution in [0.4, 0.5) is 0 Å². The molecule has 3 nitrogen and oxygen atoms in total. The molecule has 1 aromatic rings. The van der Waals surface area contributed by atoms with Gasteiger partial charge in [0, 0.05) is 11.1 Å². The third-order valence-corrected chi connectivity index (χ3v) is 2.52. The molecule has 0 spiro atoms. The van der Waals surface area contributed by atoms with Crippen molar-refractivity contribution in [1.82, 2.24) is 5.16 Å². The summed E-state index contributed by atoms with van der Waals surface area (Å²) >= 11 is 6.03. The molecule has 0 aromatic carbocycles. The Morgan fingerprint density at radius 2 is 2.41 bits per heavy atom. The van der Waals surface area contributed by atoms with Gasteiger partial charge in [0.25, 0.3) is 0 Å². The van der Waals surface area contributed by atoms with Gasteiger partial charge in [-0.25, -0.2) is 0 Å². The van der Waals surface area contributed by atoms with E-state index in [1.54, 1.807) is 6.08 Å². The Bertz CT molecular complexity index is 432. The van der Waals surface area contributed by atoms with E-state index in [1.165, 1.54) is 0 Å². The predicted octanol–water partition coefficient (Wildman–Crippen LogP) is 3.75. The molecule has 0 radical (unpaired) electrons. The van der Waals surface area contributed by atoms with Gasteiger partial charge in [0.15, 0.2) is 5.76 Å². The van der Waals surface area contributed by atoms with Gasteiger partial charge in [0.05, 0.1) is 12.3 Å². The molecule has 0 saturated heterocycles. The van der Waals surface area contributed by atoms with E-state index in [-0.39, 0.29) is 0 Å². The highest BCUT2D eigenvalue weighted by Crippen LogP contribution is 2.16. The maximum Gasteiger partial charge on any atom is 0.162 e. The van der Waals surface area contributed by atoms with Gasteiger partial charge in [-0.1, -0.05) is 41.6 Å². The summed E-state index contributed by atoms with van der Waals surface area (Å²) < 4.78 is 10.5. The molecular formula is C13H16ClNO2. The van der Waals surface area contributed by atoms with Crippen LogP contribution in [0.15, 0.2) is 46.0 Å². The number of aromatic nitrogens is 1. The van der Waals surface area contributed by atoms with E-state index in [2.05, 4.69) is 11.7 Å². The Morgan fingerprint density at radius 3 is 2.94 bits per heavy atom. The third kappa shape index (κ3) is 4.59. The molecule has 1 heterocycles. The number of hydrogen-bond donors (Lipinski definition) is 0. The first-order valence-electron chi connectivity index (χ1n) is 5.31. The van der Waals surface area contributed by atoms with Crippen molar-refractivity contribution in [2.24, 2.45) is 0 Å². The van der Waals surface area contributed by atoms with Gasteiger partial charge < -0.3 is 9.26 Å². The molecule has 0 N–H and O–H groups in total. The van der Waals surface area contributed by atoms with Gasteiger partial charge in [-0.15, -0.1) is 0 Å². The molecule has 0 saturated carbocycles. The van der Waals surface area contributed by atoms with E-state index in [1.807, 2.05) is 32.1 Å². The van der Waals surface area contributed by atoms with Crippen LogP contribution < -0.4 is 0 Å². The highest BCUT2D eigenvalue weighted by molar-refractivity contribution is 6.32. The van der Waals surface area contributed by atoms with Crippen molar-refractivity contribution in [1.29, 1.82) is 0 Å². The van der Waals surface area contributed by atoms with Crippen LogP contribution in [-0.2, 0) is 11.3 Å². The van der Waals surface area contributed by atoms with Crippen molar-refractivity contribution in [2.75, 3.05) is 6.61 Å². The maximum absolute atomic E-state index is 6.03. The normalized spacial score (nSPS) is 12.9. The van der Waals surface area contributed by atoms with Crippen molar-refractivity contribution in [2.45, 2.75) is 20.5 Å². The van der Waals surface area contributed by atoms with Gasteiger partial charge in [-0.3, -0.25) is 0 Å². The van der Waals surface area contributed by atoms with Crippen LogP contribution >= 0.6 is 11.6 Å². The van der Waals surface area contributed by atoms with Crippen LogP contribution in [0.2, 0.25) is 0 Å². The second-order valence-electron chi connectivity index (χ2n) is 3.49. The summed E-state index contributed by atoms with van der Waals surface area (Å²) in [5.41, 5.74) is 1.73. The fourth-order valence-corrected chi connectivity index (χ4v) is 1.39. The lowest BCUT2D eigenvalue weighted by atomic mass is 10.2. The van der Waals surface area contributed by atoms with E-state index in [9.17, 15) is 0 Å². The summed E-state index contributed by atoms with van der Waals surface area (Å²) in [4.78, 5) is 0. The minimum atomic E-state index is 0.378. The van der Waals surface area contributed by atoms with E-state index in [0.717, 1.165) is 11.3 Å². The van der Waals surface area contributed by atoms with Crippen LogP contribution in [0.3, 0.4) is 0 Å². The molecule has 4 heteroatoms. The predicted molar refractivity (Wildman–Crippen MR) is 68.8 cm³/mol. The third-order valence-electron chi connectivity index (χ3n) is 2.06. The van der Waals surface area contributed by atoms with Gasteiger partial charge >= 0.3 is 0 Å². The van der Waals surface area contributed by atoms with Crippen molar-refractivity contribution >= 4 is 11.6 Å². The zero-order valence-electron chi connectivity index (χ0n) is 10.1. The largest absolute Gasteiger partial charge is 0.369 e. The SMILES string of the molecule is C=C/C=C(COCc1cc(C)no1)\C(Cl)=C/C. The summed E-state index contributed by atoms with van der Waals surface area (Å²) in [5.74, 6) is 0.706. The highest BCUT2D eigenvalue weighted by atomic mass is 35.5. The van der Waals surface area contributed by atoms with Gasteiger partial charge in [0.2, 0.25) is 0 Å². The number of nitrogens with zero attached hydrogens (tertiary/aromatic N) is 1. The Morgan fingerprint density at radius 1 is 1.65 bits per heavy atom. The molecule has 0 aliphatic heterocycles. The number of ether oxygens (including phenoxy) is 1. The zero-order valence-corrected chi connectivity index (χ0v) is 10.8. The molecule has 0 bridgehead atoms. The molecular weight excluding hydrogens is 238 g/mol. The number of allylic oxidation sites excluding steroid dienone is 3. The molecule has 1 aromatic heterocycles. The van der Waals surface area contributed by atoms with Crippen LogP contribution in [0.1, 0.15) is 18.4 Å². The Hall–Kier alpha value is -1.32. The molecule has 1 rings (SSSR count). The lowest BCUT2D eigenvalue weighted by Gasteiger charge is -2.05. The Kier molecular flexibility index (Phi) is 5.73. The van der Waals surface area contributed by atoms with E-state index >= 15 is 0 Å². The summed E-state index contributed by atoms with van der Waals surface area (Å²) in [6.45, 7) is 8.17. The van der Waals surface area contributed by atoms with Crippen molar-refractivity contribution in [3.63, 3.8) is 0 Å². The van der Waals surface area contributed by atoms with Crippen molar-refractivity contribution in [3.05, 3.63) is 52.9 Å². The van der Waals surface area contributed by atoms with Crippen LogP contribution in [0.25, 0.3) is 0 Å². The molecule has 0 atom stereocenters. The Labute approximate surface area is 106 Å². The average molecular weight is 254 g/mol. The summed E-state index contributed by atoms with van der Waals surface area (Å²) in [6.07, 6.45) is 5.33.